The molecule has 0 amide bonds. The number of hydrogen-bond acceptors (Lipinski definition) is 2. The zero-order chi connectivity index (χ0) is 37.7. The second-order valence-corrected chi connectivity index (χ2v) is 15.5. The van der Waals surface area contributed by atoms with Crippen molar-refractivity contribution in [1.82, 2.24) is 4.57 Å². The van der Waals surface area contributed by atoms with Gasteiger partial charge in [0.15, 0.2) is 0 Å². The minimum Gasteiger partial charge on any atom is -0.309 e. The molecule has 0 fully saturated rings. The van der Waals surface area contributed by atoms with Crippen molar-refractivity contribution in [3.8, 4) is 39.1 Å². The second kappa shape index (κ2) is 13.8. The van der Waals surface area contributed by atoms with Crippen LogP contribution in [0.1, 0.15) is 0 Å². The maximum Gasteiger partial charge on any atom is 0.0562 e. The smallest absolute Gasteiger partial charge is 0.0562 e. The normalized spacial score (nSPS) is 11.5. The molecule has 0 radical (unpaired) electrons. The molecule has 9 aromatic carbocycles. The van der Waals surface area contributed by atoms with Gasteiger partial charge in [-0.05, 0) is 82.4 Å². The Kier molecular flexibility index (Phi) is 8.04. The largest absolute Gasteiger partial charge is 0.309 e. The van der Waals surface area contributed by atoms with Gasteiger partial charge in [0.1, 0.15) is 0 Å². The van der Waals surface area contributed by atoms with Crippen molar-refractivity contribution in [3.05, 3.63) is 218 Å². The van der Waals surface area contributed by atoms with Crippen LogP contribution in [-0.2, 0) is 0 Å². The maximum absolute atomic E-state index is 2.45. The Morgan fingerprint density at radius 1 is 0.368 bits per heavy atom. The molecule has 0 saturated heterocycles. The monoisotopic (exact) mass is 744 g/mol. The summed E-state index contributed by atoms with van der Waals surface area (Å²) < 4.78 is 5.09. The summed E-state index contributed by atoms with van der Waals surface area (Å²) in [6, 6.07) is 79.3. The molecule has 2 heterocycles. The number of aromatic nitrogens is 1. The zero-order valence-corrected chi connectivity index (χ0v) is 31.9. The van der Waals surface area contributed by atoms with Gasteiger partial charge in [-0.25, -0.2) is 0 Å². The van der Waals surface area contributed by atoms with Crippen molar-refractivity contribution in [2.75, 3.05) is 4.90 Å². The summed E-state index contributed by atoms with van der Waals surface area (Å²) in [5, 5.41) is 5.05. The molecule has 11 rings (SSSR count). The van der Waals surface area contributed by atoms with Gasteiger partial charge in [0.2, 0.25) is 0 Å². The first-order chi connectivity index (χ1) is 28.3. The lowest BCUT2D eigenvalue weighted by atomic mass is 10.00. The molecule has 0 spiro atoms. The molecule has 0 atom stereocenters. The summed E-state index contributed by atoms with van der Waals surface area (Å²) in [5.41, 5.74) is 14.0. The fraction of sp³-hybridized carbons (Fsp3) is 0. The summed E-state index contributed by atoms with van der Waals surface area (Å²) in [4.78, 5) is 2.45. The number of para-hydroxylation sites is 2. The highest BCUT2D eigenvalue weighted by Crippen LogP contribution is 2.47. The first kappa shape index (κ1) is 33.2. The fourth-order valence-corrected chi connectivity index (χ4v) is 9.86. The minimum absolute atomic E-state index is 1.10. The number of nitrogens with zero attached hydrogens (tertiary/aromatic N) is 2. The Hall–Kier alpha value is -7.20. The quantitative estimate of drug-likeness (QED) is 0.158. The van der Waals surface area contributed by atoms with Gasteiger partial charge in [-0.3, -0.25) is 0 Å². The number of hydrogen-bond donors (Lipinski definition) is 0. The number of thiophene rings is 1. The number of benzene rings is 9. The summed E-state index contributed by atoms with van der Waals surface area (Å²) in [6.45, 7) is 0. The van der Waals surface area contributed by atoms with E-state index in [1.54, 1.807) is 0 Å². The lowest BCUT2D eigenvalue weighted by molar-refractivity contribution is 1.18. The highest BCUT2D eigenvalue weighted by molar-refractivity contribution is 7.26. The Labute approximate surface area is 335 Å². The van der Waals surface area contributed by atoms with Crippen molar-refractivity contribution >= 4 is 70.4 Å². The molecule has 3 heteroatoms. The average Bonchev–Trinajstić information content (AvgIpc) is 3.84. The molecule has 0 N–H and O–H groups in total. The molecule has 0 unspecified atom stereocenters. The third-order valence-corrected chi connectivity index (χ3v) is 12.4. The van der Waals surface area contributed by atoms with Gasteiger partial charge in [-0.1, -0.05) is 164 Å². The van der Waals surface area contributed by atoms with E-state index in [0.717, 1.165) is 28.3 Å². The van der Waals surface area contributed by atoms with E-state index < -0.39 is 0 Å². The highest BCUT2D eigenvalue weighted by atomic mass is 32.1. The molecule has 268 valence electrons. The predicted molar refractivity (Wildman–Crippen MR) is 245 cm³/mol. The molecule has 0 aliphatic rings. The van der Waals surface area contributed by atoms with E-state index in [0.29, 0.717) is 0 Å². The van der Waals surface area contributed by atoms with E-state index in [1.165, 1.54) is 69.8 Å². The van der Waals surface area contributed by atoms with Crippen LogP contribution in [0.2, 0.25) is 0 Å². The highest BCUT2D eigenvalue weighted by Gasteiger charge is 2.23. The first-order valence-corrected chi connectivity index (χ1v) is 20.3. The van der Waals surface area contributed by atoms with Gasteiger partial charge < -0.3 is 9.47 Å². The van der Waals surface area contributed by atoms with Crippen molar-refractivity contribution in [1.29, 1.82) is 0 Å². The van der Waals surface area contributed by atoms with Crippen LogP contribution in [-0.4, -0.2) is 4.57 Å². The molecular weight excluding hydrogens is 709 g/mol. The zero-order valence-electron chi connectivity index (χ0n) is 31.1. The van der Waals surface area contributed by atoms with Crippen molar-refractivity contribution in [2.45, 2.75) is 0 Å². The van der Waals surface area contributed by atoms with E-state index >= 15 is 0 Å². The van der Waals surface area contributed by atoms with Crippen LogP contribution >= 0.6 is 11.3 Å². The van der Waals surface area contributed by atoms with Gasteiger partial charge in [-0.2, -0.15) is 0 Å². The summed E-state index contributed by atoms with van der Waals surface area (Å²) in [7, 11) is 0. The van der Waals surface area contributed by atoms with Crippen molar-refractivity contribution in [2.24, 2.45) is 0 Å². The van der Waals surface area contributed by atoms with Crippen molar-refractivity contribution in [3.63, 3.8) is 0 Å². The summed E-state index contributed by atoms with van der Waals surface area (Å²) in [5.74, 6) is 0. The van der Waals surface area contributed by atoms with Crippen LogP contribution in [0.15, 0.2) is 218 Å². The average molecular weight is 745 g/mol. The third-order valence-electron chi connectivity index (χ3n) is 11.2. The van der Waals surface area contributed by atoms with Crippen LogP contribution in [0.25, 0.3) is 81.0 Å². The molecule has 0 bridgehead atoms. The van der Waals surface area contributed by atoms with E-state index in [9.17, 15) is 0 Å². The van der Waals surface area contributed by atoms with Crippen LogP contribution in [0.3, 0.4) is 0 Å². The van der Waals surface area contributed by atoms with Gasteiger partial charge in [0, 0.05) is 47.9 Å². The third kappa shape index (κ3) is 5.63. The van der Waals surface area contributed by atoms with Gasteiger partial charge in [0.25, 0.3) is 0 Å². The van der Waals surface area contributed by atoms with Gasteiger partial charge >= 0.3 is 0 Å². The lowest BCUT2D eigenvalue weighted by Crippen LogP contribution is -2.11. The number of fused-ring (bicyclic) bond motifs is 6. The summed E-state index contributed by atoms with van der Waals surface area (Å²) in [6.07, 6.45) is 0. The molecule has 11 aromatic rings. The Morgan fingerprint density at radius 3 is 1.79 bits per heavy atom. The van der Waals surface area contributed by atoms with Crippen LogP contribution in [0, 0.1) is 0 Å². The first-order valence-electron chi connectivity index (χ1n) is 19.4. The minimum atomic E-state index is 1.10. The Morgan fingerprint density at radius 2 is 0.947 bits per heavy atom. The maximum atomic E-state index is 2.45. The summed E-state index contributed by atoms with van der Waals surface area (Å²) >= 11 is 1.88. The van der Waals surface area contributed by atoms with Crippen molar-refractivity contribution < 1.29 is 0 Å². The Balaban J connectivity index is 1.13. The lowest BCUT2D eigenvalue weighted by Gasteiger charge is -2.29. The van der Waals surface area contributed by atoms with E-state index in [2.05, 4.69) is 228 Å². The van der Waals surface area contributed by atoms with Crippen LogP contribution in [0.4, 0.5) is 17.1 Å². The molecule has 2 aromatic heterocycles. The number of rotatable bonds is 7. The standard InChI is InChI=1S/C54H36N2S/c1-3-16-37(17-4-1)38-32-34-41(35-33-38)55(48-27-10-7-22-43(48)39-18-5-2-6-19-39)50-29-15-30-51-53(50)47-24-8-11-28-49(47)56(51)42-21-13-20-40(36-42)44-25-14-26-46-45-23-9-12-31-52(45)57-54(44)46/h1-36H. The molecular formula is C54H36N2S. The fourth-order valence-electron chi connectivity index (χ4n) is 8.62. The van der Waals surface area contributed by atoms with E-state index in [-0.39, 0.29) is 0 Å². The molecule has 0 saturated carbocycles. The van der Waals surface area contributed by atoms with Gasteiger partial charge in [-0.15, -0.1) is 11.3 Å². The van der Waals surface area contributed by atoms with E-state index in [1.807, 2.05) is 11.3 Å². The number of anilines is 3. The predicted octanol–water partition coefficient (Wildman–Crippen LogP) is 15.6. The molecule has 2 nitrogen and oxygen atoms in total. The topological polar surface area (TPSA) is 8.17 Å². The SMILES string of the molecule is c1ccc(-c2ccc(N(c3ccccc3-c3ccccc3)c3cccc4c3c3ccccc3n4-c3cccc(-c4cccc5c4sc4ccccc45)c3)cc2)cc1. The second-order valence-electron chi connectivity index (χ2n) is 14.5. The van der Waals surface area contributed by atoms with E-state index in [4.69, 9.17) is 0 Å². The molecule has 0 aliphatic heterocycles. The van der Waals surface area contributed by atoms with Crippen LogP contribution in [0.5, 0.6) is 0 Å². The van der Waals surface area contributed by atoms with Crippen LogP contribution < -0.4 is 4.90 Å². The van der Waals surface area contributed by atoms with Gasteiger partial charge in [0.05, 0.1) is 22.4 Å². The Bertz CT molecular complexity index is 3230. The molecule has 0 aliphatic carbocycles. The molecule has 57 heavy (non-hydrogen) atoms.